The zero-order valence-corrected chi connectivity index (χ0v) is 10.1. The predicted molar refractivity (Wildman–Crippen MR) is 65.5 cm³/mol. The zero-order chi connectivity index (χ0) is 12.1. The highest BCUT2D eigenvalue weighted by Crippen LogP contribution is 2.20. The van der Waals surface area contributed by atoms with Crippen molar-refractivity contribution in [2.45, 2.75) is 33.6 Å². The molecule has 0 fully saturated rings. The van der Waals surface area contributed by atoms with E-state index in [1.54, 1.807) is 18.2 Å². The van der Waals surface area contributed by atoms with Gasteiger partial charge in [0.05, 0.1) is 0 Å². The van der Waals surface area contributed by atoms with Crippen LogP contribution in [0.2, 0.25) is 0 Å². The quantitative estimate of drug-likeness (QED) is 0.768. The van der Waals surface area contributed by atoms with Crippen molar-refractivity contribution in [1.29, 1.82) is 0 Å². The number of carbonyl (C=O) groups is 1. The van der Waals surface area contributed by atoms with E-state index in [0.29, 0.717) is 12.3 Å². The Morgan fingerprint density at radius 3 is 2.75 bits per heavy atom. The minimum atomic E-state index is 0.0307. The first-order valence-corrected chi connectivity index (χ1v) is 5.62. The van der Waals surface area contributed by atoms with Gasteiger partial charge >= 0.3 is 0 Å². The highest BCUT2D eigenvalue weighted by atomic mass is 16.3. The van der Waals surface area contributed by atoms with E-state index in [-0.39, 0.29) is 11.7 Å². The number of anilines is 1. The van der Waals surface area contributed by atoms with Gasteiger partial charge in [0.2, 0.25) is 5.91 Å². The topological polar surface area (TPSA) is 49.3 Å². The van der Waals surface area contributed by atoms with Crippen LogP contribution in [0.4, 0.5) is 5.69 Å². The van der Waals surface area contributed by atoms with Crippen molar-refractivity contribution in [1.82, 2.24) is 0 Å². The largest absolute Gasteiger partial charge is 0.508 e. The second-order valence-electron chi connectivity index (χ2n) is 4.26. The van der Waals surface area contributed by atoms with Crippen LogP contribution in [0.3, 0.4) is 0 Å². The molecule has 0 spiro atoms. The second kappa shape index (κ2) is 5.54. The predicted octanol–water partition coefficient (Wildman–Crippen LogP) is 3.08. The van der Waals surface area contributed by atoms with Gasteiger partial charge in [0.1, 0.15) is 5.75 Å². The molecule has 0 radical (unpaired) electrons. The maximum Gasteiger partial charge on any atom is 0.224 e. The van der Waals surface area contributed by atoms with Crippen molar-refractivity contribution in [3.63, 3.8) is 0 Å². The van der Waals surface area contributed by atoms with Gasteiger partial charge in [-0.1, -0.05) is 20.3 Å². The Morgan fingerprint density at radius 1 is 1.50 bits per heavy atom. The number of aryl methyl sites for hydroxylation is 1. The summed E-state index contributed by atoms with van der Waals surface area (Å²) < 4.78 is 0. The number of aromatic hydroxyl groups is 1. The molecule has 0 bridgehead atoms. The minimum absolute atomic E-state index is 0.0307. The number of rotatable bonds is 4. The second-order valence-corrected chi connectivity index (χ2v) is 4.26. The summed E-state index contributed by atoms with van der Waals surface area (Å²) >= 11 is 0. The van der Waals surface area contributed by atoms with E-state index in [4.69, 9.17) is 0 Å². The van der Waals surface area contributed by atoms with E-state index in [2.05, 4.69) is 19.2 Å². The van der Waals surface area contributed by atoms with Gasteiger partial charge < -0.3 is 10.4 Å². The molecule has 16 heavy (non-hydrogen) atoms. The summed E-state index contributed by atoms with van der Waals surface area (Å²) in [6.45, 7) is 5.99. The summed E-state index contributed by atoms with van der Waals surface area (Å²) in [5.41, 5.74) is 1.64. The first-order chi connectivity index (χ1) is 7.52. The van der Waals surface area contributed by atoms with Crippen LogP contribution in [0, 0.1) is 12.8 Å². The molecule has 1 rings (SSSR count). The third-order valence-electron chi connectivity index (χ3n) is 2.71. The van der Waals surface area contributed by atoms with Crippen LogP contribution < -0.4 is 5.32 Å². The van der Waals surface area contributed by atoms with E-state index < -0.39 is 0 Å². The van der Waals surface area contributed by atoms with Crippen molar-refractivity contribution < 1.29 is 9.90 Å². The monoisotopic (exact) mass is 221 g/mol. The lowest BCUT2D eigenvalue weighted by Gasteiger charge is -2.11. The molecule has 1 aromatic carbocycles. The molecule has 1 unspecified atom stereocenters. The summed E-state index contributed by atoms with van der Waals surface area (Å²) in [5.74, 6) is 0.651. The van der Waals surface area contributed by atoms with Crippen molar-refractivity contribution in [3.8, 4) is 5.75 Å². The Labute approximate surface area is 96.5 Å². The molecule has 0 saturated carbocycles. The van der Waals surface area contributed by atoms with Gasteiger partial charge in [0.15, 0.2) is 0 Å². The number of nitrogens with one attached hydrogen (secondary N) is 1. The van der Waals surface area contributed by atoms with Gasteiger partial charge in [-0.2, -0.15) is 0 Å². The van der Waals surface area contributed by atoms with E-state index in [0.717, 1.165) is 17.7 Å². The Hall–Kier alpha value is -1.51. The van der Waals surface area contributed by atoms with Crippen molar-refractivity contribution in [3.05, 3.63) is 23.8 Å². The lowest BCUT2D eigenvalue weighted by atomic mass is 10.0. The molecule has 0 aliphatic carbocycles. The Kier molecular flexibility index (Phi) is 4.35. The summed E-state index contributed by atoms with van der Waals surface area (Å²) in [7, 11) is 0. The van der Waals surface area contributed by atoms with Crippen molar-refractivity contribution >= 4 is 11.6 Å². The Bertz CT molecular complexity index is 374. The molecule has 0 heterocycles. The van der Waals surface area contributed by atoms with E-state index >= 15 is 0 Å². The number of amides is 1. The minimum Gasteiger partial charge on any atom is -0.508 e. The first kappa shape index (κ1) is 12.6. The fourth-order valence-corrected chi connectivity index (χ4v) is 1.45. The van der Waals surface area contributed by atoms with Crippen LogP contribution in [0.5, 0.6) is 5.75 Å². The molecule has 1 amide bonds. The summed E-state index contributed by atoms with van der Waals surface area (Å²) in [6, 6.07) is 4.93. The van der Waals surface area contributed by atoms with Gasteiger partial charge in [-0.3, -0.25) is 4.79 Å². The normalized spacial score (nSPS) is 12.2. The lowest BCUT2D eigenvalue weighted by molar-refractivity contribution is -0.117. The van der Waals surface area contributed by atoms with Crippen LogP contribution in [-0.4, -0.2) is 11.0 Å². The molecule has 3 heteroatoms. The van der Waals surface area contributed by atoms with Crippen LogP contribution in [-0.2, 0) is 4.79 Å². The maximum absolute atomic E-state index is 11.6. The third kappa shape index (κ3) is 3.57. The lowest BCUT2D eigenvalue weighted by Crippen LogP contribution is -2.15. The SMILES string of the molecule is CCC(C)CC(=O)Nc1ccc(O)cc1C. The number of phenols is 1. The molecule has 88 valence electrons. The van der Waals surface area contributed by atoms with Crippen molar-refractivity contribution in [2.75, 3.05) is 5.32 Å². The summed E-state index contributed by atoms with van der Waals surface area (Å²) in [6.07, 6.45) is 1.54. The molecule has 0 aromatic heterocycles. The fourth-order valence-electron chi connectivity index (χ4n) is 1.45. The number of hydrogen-bond donors (Lipinski definition) is 2. The van der Waals surface area contributed by atoms with E-state index in [9.17, 15) is 9.90 Å². The van der Waals surface area contributed by atoms with E-state index in [1.165, 1.54) is 0 Å². The highest BCUT2D eigenvalue weighted by Gasteiger charge is 2.08. The number of carbonyl (C=O) groups excluding carboxylic acids is 1. The average Bonchev–Trinajstić information content (AvgIpc) is 2.22. The standard InChI is InChI=1S/C13H19NO2/c1-4-9(2)7-13(16)14-12-6-5-11(15)8-10(12)3/h5-6,8-9,15H,4,7H2,1-3H3,(H,14,16). The summed E-state index contributed by atoms with van der Waals surface area (Å²) in [5, 5.41) is 12.1. The van der Waals surface area contributed by atoms with Gasteiger partial charge in [-0.05, 0) is 36.6 Å². The summed E-state index contributed by atoms with van der Waals surface area (Å²) in [4.78, 5) is 11.6. The zero-order valence-electron chi connectivity index (χ0n) is 10.1. The molecule has 0 saturated heterocycles. The van der Waals surface area contributed by atoms with Crippen LogP contribution in [0.25, 0.3) is 0 Å². The fraction of sp³-hybridized carbons (Fsp3) is 0.462. The van der Waals surface area contributed by atoms with Gasteiger partial charge in [-0.15, -0.1) is 0 Å². The third-order valence-corrected chi connectivity index (χ3v) is 2.71. The molecule has 1 aromatic rings. The number of phenolic OH excluding ortho intramolecular Hbond substituents is 1. The molecule has 0 aliphatic heterocycles. The number of hydrogen-bond acceptors (Lipinski definition) is 2. The van der Waals surface area contributed by atoms with Crippen LogP contribution >= 0.6 is 0 Å². The molecular weight excluding hydrogens is 202 g/mol. The maximum atomic E-state index is 11.6. The molecule has 2 N–H and O–H groups in total. The van der Waals surface area contributed by atoms with Crippen LogP contribution in [0.1, 0.15) is 32.3 Å². The van der Waals surface area contributed by atoms with Gasteiger partial charge in [-0.25, -0.2) is 0 Å². The van der Waals surface area contributed by atoms with Gasteiger partial charge in [0.25, 0.3) is 0 Å². The number of benzene rings is 1. The molecule has 3 nitrogen and oxygen atoms in total. The van der Waals surface area contributed by atoms with Crippen LogP contribution in [0.15, 0.2) is 18.2 Å². The molecule has 0 aliphatic rings. The smallest absolute Gasteiger partial charge is 0.224 e. The Morgan fingerprint density at radius 2 is 2.19 bits per heavy atom. The average molecular weight is 221 g/mol. The molecule has 1 atom stereocenters. The van der Waals surface area contributed by atoms with E-state index in [1.807, 2.05) is 6.92 Å². The highest BCUT2D eigenvalue weighted by molar-refractivity contribution is 5.91. The van der Waals surface area contributed by atoms with Gasteiger partial charge in [0, 0.05) is 12.1 Å². The molecular formula is C13H19NO2. The Balaban J connectivity index is 2.63. The van der Waals surface area contributed by atoms with Crippen molar-refractivity contribution in [2.24, 2.45) is 5.92 Å². The first-order valence-electron chi connectivity index (χ1n) is 5.62.